The molecule has 0 aliphatic heterocycles. The van der Waals surface area contributed by atoms with Crippen LogP contribution in [0.25, 0.3) is 0 Å². The van der Waals surface area contributed by atoms with Gasteiger partial charge in [-0.05, 0) is 31.5 Å². The highest BCUT2D eigenvalue weighted by atomic mass is 35.5. The van der Waals surface area contributed by atoms with E-state index in [0.717, 1.165) is 5.56 Å². The number of benzene rings is 1. The molecule has 1 aromatic carbocycles. The molecule has 6 heteroatoms. The summed E-state index contributed by atoms with van der Waals surface area (Å²) < 4.78 is 14.5. The highest BCUT2D eigenvalue weighted by molar-refractivity contribution is 6.33. The van der Waals surface area contributed by atoms with E-state index >= 15 is 0 Å². The maximum Gasteiger partial charge on any atom is 0.258 e. The highest BCUT2D eigenvalue weighted by Gasteiger charge is 2.22. The van der Waals surface area contributed by atoms with Crippen LogP contribution >= 0.6 is 11.6 Å². The fourth-order valence-corrected chi connectivity index (χ4v) is 2.31. The Morgan fingerprint density at radius 1 is 1.38 bits per heavy atom. The summed E-state index contributed by atoms with van der Waals surface area (Å²) in [6.07, 6.45) is 0. The molecule has 0 N–H and O–H groups in total. The van der Waals surface area contributed by atoms with E-state index in [4.69, 9.17) is 11.6 Å². The van der Waals surface area contributed by atoms with Gasteiger partial charge < -0.3 is 4.90 Å². The SMILES string of the molecule is CCN(C)C(=O)c1c(C)nn(Cc2ccc(F)cc2)c1Cl. The third kappa shape index (κ3) is 3.24. The van der Waals surface area contributed by atoms with Crippen molar-refractivity contribution < 1.29 is 9.18 Å². The Hall–Kier alpha value is -1.88. The zero-order valence-electron chi connectivity index (χ0n) is 12.2. The molecule has 0 saturated carbocycles. The van der Waals surface area contributed by atoms with Crippen LogP contribution in [0.2, 0.25) is 5.15 Å². The van der Waals surface area contributed by atoms with Gasteiger partial charge in [0.2, 0.25) is 0 Å². The highest BCUT2D eigenvalue weighted by Crippen LogP contribution is 2.22. The quantitative estimate of drug-likeness (QED) is 0.870. The van der Waals surface area contributed by atoms with Gasteiger partial charge in [0.15, 0.2) is 0 Å². The van der Waals surface area contributed by atoms with E-state index in [1.54, 1.807) is 35.7 Å². The van der Waals surface area contributed by atoms with Crippen molar-refractivity contribution in [3.05, 3.63) is 52.1 Å². The Morgan fingerprint density at radius 2 is 2.00 bits per heavy atom. The lowest BCUT2D eigenvalue weighted by Crippen LogP contribution is -2.26. The first kappa shape index (κ1) is 15.5. The first-order chi connectivity index (χ1) is 9.93. The lowest BCUT2D eigenvalue weighted by atomic mass is 10.2. The Balaban J connectivity index is 2.30. The van der Waals surface area contributed by atoms with E-state index < -0.39 is 0 Å². The van der Waals surface area contributed by atoms with Gasteiger partial charge in [0.05, 0.1) is 17.8 Å². The van der Waals surface area contributed by atoms with Gasteiger partial charge in [-0.1, -0.05) is 23.7 Å². The molecule has 0 atom stereocenters. The van der Waals surface area contributed by atoms with Crippen LogP contribution in [-0.2, 0) is 6.54 Å². The molecule has 0 spiro atoms. The van der Waals surface area contributed by atoms with Crippen molar-refractivity contribution in [1.29, 1.82) is 0 Å². The molecular formula is C15H17ClFN3O. The fourth-order valence-electron chi connectivity index (χ4n) is 2.00. The first-order valence-corrected chi connectivity index (χ1v) is 7.04. The van der Waals surface area contributed by atoms with Gasteiger partial charge in [0.1, 0.15) is 11.0 Å². The van der Waals surface area contributed by atoms with E-state index in [0.29, 0.717) is 29.5 Å². The number of aromatic nitrogens is 2. The lowest BCUT2D eigenvalue weighted by Gasteiger charge is -2.14. The molecule has 0 saturated heterocycles. The predicted octanol–water partition coefficient (Wildman–Crippen LogP) is 3.12. The molecule has 0 bridgehead atoms. The van der Waals surface area contributed by atoms with Crippen molar-refractivity contribution in [3.8, 4) is 0 Å². The van der Waals surface area contributed by atoms with Gasteiger partial charge in [0.25, 0.3) is 5.91 Å². The minimum Gasteiger partial charge on any atom is -0.342 e. The fraction of sp³-hybridized carbons (Fsp3) is 0.333. The summed E-state index contributed by atoms with van der Waals surface area (Å²) in [5.74, 6) is -0.438. The molecule has 0 radical (unpaired) electrons. The Morgan fingerprint density at radius 3 is 2.57 bits per heavy atom. The van der Waals surface area contributed by atoms with Crippen molar-refractivity contribution in [2.24, 2.45) is 0 Å². The number of aryl methyl sites for hydroxylation is 1. The summed E-state index contributed by atoms with van der Waals surface area (Å²) in [6.45, 7) is 4.63. The summed E-state index contributed by atoms with van der Waals surface area (Å²) in [6, 6.07) is 6.11. The summed E-state index contributed by atoms with van der Waals surface area (Å²) in [5, 5.41) is 4.62. The van der Waals surface area contributed by atoms with Gasteiger partial charge in [-0.3, -0.25) is 4.79 Å². The predicted molar refractivity (Wildman–Crippen MR) is 80.1 cm³/mol. The number of hydrogen-bond acceptors (Lipinski definition) is 2. The average Bonchev–Trinajstić information content (AvgIpc) is 2.74. The minimum atomic E-state index is -0.290. The van der Waals surface area contributed by atoms with Crippen molar-refractivity contribution >= 4 is 17.5 Å². The Kier molecular flexibility index (Phi) is 4.63. The average molecular weight is 310 g/mol. The second-order valence-electron chi connectivity index (χ2n) is 4.85. The molecule has 1 aromatic heterocycles. The number of carbonyl (C=O) groups is 1. The zero-order chi connectivity index (χ0) is 15.6. The van der Waals surface area contributed by atoms with E-state index in [-0.39, 0.29) is 11.7 Å². The van der Waals surface area contributed by atoms with Crippen LogP contribution in [0.15, 0.2) is 24.3 Å². The van der Waals surface area contributed by atoms with E-state index in [1.807, 2.05) is 6.92 Å². The van der Waals surface area contributed by atoms with Crippen molar-refractivity contribution in [2.45, 2.75) is 20.4 Å². The van der Waals surface area contributed by atoms with Gasteiger partial charge in [-0.25, -0.2) is 9.07 Å². The number of hydrogen-bond donors (Lipinski definition) is 0. The number of rotatable bonds is 4. The second-order valence-corrected chi connectivity index (χ2v) is 5.21. The van der Waals surface area contributed by atoms with Crippen LogP contribution in [0.5, 0.6) is 0 Å². The molecule has 0 unspecified atom stereocenters. The van der Waals surface area contributed by atoms with Crippen LogP contribution in [0.4, 0.5) is 4.39 Å². The standard InChI is InChI=1S/C15H17ClFN3O/c1-4-19(3)15(21)13-10(2)18-20(14(13)16)9-11-5-7-12(17)8-6-11/h5-8H,4,9H2,1-3H3. The molecule has 4 nitrogen and oxygen atoms in total. The molecule has 0 aliphatic carbocycles. The van der Waals surface area contributed by atoms with Crippen molar-refractivity contribution in [3.63, 3.8) is 0 Å². The maximum atomic E-state index is 12.9. The molecule has 112 valence electrons. The number of amides is 1. The molecule has 0 aliphatic rings. The molecule has 0 fully saturated rings. The van der Waals surface area contributed by atoms with E-state index in [2.05, 4.69) is 5.10 Å². The molecule has 2 aromatic rings. The van der Waals surface area contributed by atoms with E-state index in [9.17, 15) is 9.18 Å². The normalized spacial score (nSPS) is 10.7. The van der Waals surface area contributed by atoms with Crippen molar-refractivity contribution in [2.75, 3.05) is 13.6 Å². The second kappa shape index (κ2) is 6.26. The topological polar surface area (TPSA) is 38.1 Å². The molecule has 2 rings (SSSR count). The Labute approximate surface area is 128 Å². The van der Waals surface area contributed by atoms with Crippen LogP contribution in [0.3, 0.4) is 0 Å². The summed E-state index contributed by atoms with van der Waals surface area (Å²) >= 11 is 6.29. The molecule has 1 heterocycles. The summed E-state index contributed by atoms with van der Waals surface area (Å²) in [4.78, 5) is 13.8. The van der Waals surface area contributed by atoms with Gasteiger partial charge in [-0.15, -0.1) is 0 Å². The monoisotopic (exact) mass is 309 g/mol. The third-order valence-corrected chi connectivity index (χ3v) is 3.73. The van der Waals surface area contributed by atoms with Crippen LogP contribution < -0.4 is 0 Å². The number of carbonyl (C=O) groups excluding carboxylic acids is 1. The lowest BCUT2D eigenvalue weighted by molar-refractivity contribution is 0.0802. The number of nitrogens with zero attached hydrogens (tertiary/aromatic N) is 3. The van der Waals surface area contributed by atoms with Crippen LogP contribution in [0, 0.1) is 12.7 Å². The van der Waals surface area contributed by atoms with Gasteiger partial charge in [-0.2, -0.15) is 5.10 Å². The summed E-state index contributed by atoms with van der Waals surface area (Å²) in [5.41, 5.74) is 1.87. The van der Waals surface area contributed by atoms with Crippen LogP contribution in [-0.4, -0.2) is 34.2 Å². The van der Waals surface area contributed by atoms with Crippen LogP contribution in [0.1, 0.15) is 28.5 Å². The zero-order valence-corrected chi connectivity index (χ0v) is 13.0. The molecule has 21 heavy (non-hydrogen) atoms. The molecular weight excluding hydrogens is 293 g/mol. The first-order valence-electron chi connectivity index (χ1n) is 6.66. The Bertz CT molecular complexity index is 652. The largest absolute Gasteiger partial charge is 0.342 e. The smallest absolute Gasteiger partial charge is 0.258 e. The number of halogens is 2. The van der Waals surface area contributed by atoms with Gasteiger partial charge >= 0.3 is 0 Å². The minimum absolute atomic E-state index is 0.148. The van der Waals surface area contributed by atoms with Crippen molar-refractivity contribution in [1.82, 2.24) is 14.7 Å². The maximum absolute atomic E-state index is 12.9. The summed E-state index contributed by atoms with van der Waals surface area (Å²) in [7, 11) is 1.72. The van der Waals surface area contributed by atoms with Gasteiger partial charge in [0, 0.05) is 13.6 Å². The van der Waals surface area contributed by atoms with E-state index in [1.165, 1.54) is 12.1 Å². The third-order valence-electron chi connectivity index (χ3n) is 3.35. The molecule has 1 amide bonds.